The fourth-order valence-corrected chi connectivity index (χ4v) is 7.22. The molecule has 0 radical (unpaired) electrons. The number of amides is 2. The summed E-state index contributed by atoms with van der Waals surface area (Å²) in [6, 6.07) is 18.4. The van der Waals surface area contributed by atoms with Crippen molar-refractivity contribution in [2.75, 3.05) is 10.8 Å². The van der Waals surface area contributed by atoms with Crippen molar-refractivity contribution in [3.63, 3.8) is 0 Å². The highest BCUT2D eigenvalue weighted by Crippen LogP contribution is 2.31. The maximum Gasteiger partial charge on any atom is 0.264 e. The molecule has 41 heavy (non-hydrogen) atoms. The van der Waals surface area contributed by atoms with Crippen molar-refractivity contribution >= 4 is 62.3 Å². The first-order valence-corrected chi connectivity index (χ1v) is 16.0. The van der Waals surface area contributed by atoms with Gasteiger partial charge in [0.2, 0.25) is 11.8 Å². The highest BCUT2D eigenvalue weighted by molar-refractivity contribution is 7.92. The third-order valence-corrected chi connectivity index (χ3v) is 9.86. The Bertz CT molecular complexity index is 1480. The topological polar surface area (TPSA) is 86.8 Å². The predicted octanol–water partition coefficient (Wildman–Crippen LogP) is 6.71. The van der Waals surface area contributed by atoms with Crippen LogP contribution >= 0.6 is 34.8 Å². The monoisotopic (exact) mass is 635 g/mol. The molecule has 0 bridgehead atoms. The molecule has 1 N–H and O–H groups in total. The lowest BCUT2D eigenvalue weighted by molar-refractivity contribution is -0.140. The predicted molar refractivity (Wildman–Crippen MR) is 164 cm³/mol. The zero-order chi connectivity index (χ0) is 29.6. The van der Waals surface area contributed by atoms with Crippen LogP contribution in [0.1, 0.15) is 44.6 Å². The van der Waals surface area contributed by atoms with Gasteiger partial charge in [-0.2, -0.15) is 0 Å². The van der Waals surface area contributed by atoms with Gasteiger partial charge in [0.25, 0.3) is 10.0 Å². The van der Waals surface area contributed by atoms with Gasteiger partial charge in [-0.1, -0.05) is 91.0 Å². The van der Waals surface area contributed by atoms with Gasteiger partial charge < -0.3 is 10.2 Å². The van der Waals surface area contributed by atoms with Crippen LogP contribution in [0.15, 0.2) is 77.7 Å². The fourth-order valence-electron chi connectivity index (χ4n) is 5.01. The number of carbonyl (C=O) groups is 2. The van der Waals surface area contributed by atoms with E-state index < -0.39 is 28.5 Å². The van der Waals surface area contributed by atoms with E-state index in [4.69, 9.17) is 34.8 Å². The number of hydrogen-bond acceptors (Lipinski definition) is 4. The molecule has 0 aliphatic heterocycles. The SMILES string of the molecule is CC[C@@H](C(=O)NC1CCCC1)N(Cc1ccc(Cl)cc1Cl)C(=O)CN(c1ccccc1Cl)S(=O)(=O)c1ccccc1. The van der Waals surface area contributed by atoms with Crippen LogP contribution in [0.5, 0.6) is 0 Å². The van der Waals surface area contributed by atoms with E-state index in [-0.39, 0.29) is 34.1 Å². The Kier molecular flexibility index (Phi) is 10.6. The van der Waals surface area contributed by atoms with Gasteiger partial charge in [-0.15, -0.1) is 0 Å². The van der Waals surface area contributed by atoms with E-state index in [9.17, 15) is 18.0 Å². The first kappa shape index (κ1) is 31.2. The molecular weight excluding hydrogens is 605 g/mol. The van der Waals surface area contributed by atoms with Gasteiger partial charge in [-0.3, -0.25) is 13.9 Å². The maximum atomic E-state index is 14.2. The van der Waals surface area contributed by atoms with Crippen molar-refractivity contribution in [2.45, 2.75) is 62.6 Å². The molecule has 0 spiro atoms. The third-order valence-electron chi connectivity index (χ3n) is 7.17. The van der Waals surface area contributed by atoms with Gasteiger partial charge in [0.15, 0.2) is 0 Å². The van der Waals surface area contributed by atoms with E-state index in [1.807, 2.05) is 6.92 Å². The second-order valence-corrected chi connectivity index (χ2v) is 13.1. The molecule has 3 aromatic rings. The van der Waals surface area contributed by atoms with E-state index >= 15 is 0 Å². The quantitative estimate of drug-likeness (QED) is 0.254. The van der Waals surface area contributed by atoms with E-state index in [1.54, 1.807) is 60.7 Å². The number of anilines is 1. The highest BCUT2D eigenvalue weighted by Gasteiger charge is 2.35. The summed E-state index contributed by atoms with van der Waals surface area (Å²) in [5.41, 5.74) is 0.728. The molecule has 1 atom stereocenters. The smallest absolute Gasteiger partial charge is 0.264 e. The second-order valence-electron chi connectivity index (χ2n) is 9.95. The lowest BCUT2D eigenvalue weighted by Gasteiger charge is -2.34. The van der Waals surface area contributed by atoms with Crippen LogP contribution in [-0.4, -0.2) is 43.8 Å². The minimum Gasteiger partial charge on any atom is -0.352 e. The molecule has 0 heterocycles. The van der Waals surface area contributed by atoms with Crippen LogP contribution in [0.3, 0.4) is 0 Å². The highest BCUT2D eigenvalue weighted by atomic mass is 35.5. The van der Waals surface area contributed by atoms with Crippen LogP contribution in [0.4, 0.5) is 5.69 Å². The van der Waals surface area contributed by atoms with E-state index in [0.717, 1.165) is 30.0 Å². The van der Waals surface area contributed by atoms with Gasteiger partial charge in [0.05, 0.1) is 15.6 Å². The molecule has 4 rings (SSSR count). The molecule has 0 aromatic heterocycles. The number of rotatable bonds is 11. The molecule has 1 aliphatic rings. The third kappa shape index (κ3) is 7.55. The van der Waals surface area contributed by atoms with Crippen LogP contribution in [0, 0.1) is 0 Å². The average Bonchev–Trinajstić information content (AvgIpc) is 3.46. The van der Waals surface area contributed by atoms with Crippen molar-refractivity contribution in [3.8, 4) is 0 Å². The molecule has 3 aromatic carbocycles. The Morgan fingerprint density at radius 1 is 0.927 bits per heavy atom. The standard InChI is InChI=1S/C30H32Cl3N3O4S/c1-2-27(30(38)34-23-10-6-7-11-23)35(19-21-16-17-22(31)18-26(21)33)29(37)20-36(28-15-9-8-14-25(28)32)41(39,40)24-12-4-3-5-13-24/h3-5,8-9,12-18,23,27H,2,6-7,10-11,19-20H2,1H3,(H,34,38)/t27-/m0/s1. The minimum absolute atomic E-state index is 0.00559. The Morgan fingerprint density at radius 3 is 2.22 bits per heavy atom. The minimum atomic E-state index is -4.21. The van der Waals surface area contributed by atoms with Gasteiger partial charge in [0.1, 0.15) is 12.6 Å². The number of hydrogen-bond donors (Lipinski definition) is 1. The maximum absolute atomic E-state index is 14.2. The Balaban J connectivity index is 1.73. The summed E-state index contributed by atoms with van der Waals surface area (Å²) in [5.74, 6) is -0.864. The van der Waals surface area contributed by atoms with Crippen molar-refractivity contribution in [3.05, 3.63) is 93.4 Å². The number of sulfonamides is 1. The fraction of sp³-hybridized carbons (Fsp3) is 0.333. The van der Waals surface area contributed by atoms with Gasteiger partial charge in [-0.25, -0.2) is 8.42 Å². The number of halogens is 3. The van der Waals surface area contributed by atoms with Crippen molar-refractivity contribution in [1.29, 1.82) is 0 Å². The summed E-state index contributed by atoms with van der Waals surface area (Å²) in [7, 11) is -4.21. The largest absolute Gasteiger partial charge is 0.352 e. The summed E-state index contributed by atoms with van der Waals surface area (Å²) < 4.78 is 28.7. The van der Waals surface area contributed by atoms with Crippen LogP contribution < -0.4 is 9.62 Å². The molecule has 1 saturated carbocycles. The van der Waals surface area contributed by atoms with Crippen LogP contribution in [0.25, 0.3) is 0 Å². The summed E-state index contributed by atoms with van der Waals surface area (Å²) >= 11 is 19.0. The molecule has 7 nitrogen and oxygen atoms in total. The Morgan fingerprint density at radius 2 is 1.59 bits per heavy atom. The molecule has 0 unspecified atom stereocenters. The number of nitrogens with zero attached hydrogens (tertiary/aromatic N) is 2. The second kappa shape index (κ2) is 13.9. The number of nitrogens with one attached hydrogen (secondary N) is 1. The molecule has 0 saturated heterocycles. The average molecular weight is 637 g/mol. The van der Waals surface area contributed by atoms with Crippen molar-refractivity contribution < 1.29 is 18.0 Å². The van der Waals surface area contributed by atoms with E-state index in [2.05, 4.69) is 5.32 Å². The molecule has 218 valence electrons. The van der Waals surface area contributed by atoms with Gasteiger partial charge in [-0.05, 0) is 61.2 Å². The molecule has 2 amide bonds. The lowest BCUT2D eigenvalue weighted by atomic mass is 10.1. The lowest BCUT2D eigenvalue weighted by Crippen LogP contribution is -2.53. The number of carbonyl (C=O) groups excluding carboxylic acids is 2. The van der Waals surface area contributed by atoms with Gasteiger partial charge >= 0.3 is 0 Å². The summed E-state index contributed by atoms with van der Waals surface area (Å²) in [6.45, 7) is 1.21. The first-order valence-electron chi connectivity index (χ1n) is 13.5. The molecule has 1 aliphatic carbocycles. The summed E-state index contributed by atoms with van der Waals surface area (Å²) in [4.78, 5) is 29.1. The number of para-hydroxylation sites is 1. The summed E-state index contributed by atoms with van der Waals surface area (Å²) in [5, 5.41) is 4.02. The first-order chi connectivity index (χ1) is 19.6. The molecule has 11 heteroatoms. The normalized spacial score (nSPS) is 14.4. The molecular formula is C30H32Cl3N3O4S. The Labute approximate surface area is 256 Å². The van der Waals surface area contributed by atoms with Gasteiger partial charge in [0, 0.05) is 22.6 Å². The van der Waals surface area contributed by atoms with Crippen LogP contribution in [-0.2, 0) is 26.2 Å². The summed E-state index contributed by atoms with van der Waals surface area (Å²) in [6.07, 6.45) is 4.15. The van der Waals surface area contributed by atoms with E-state index in [0.29, 0.717) is 22.0 Å². The van der Waals surface area contributed by atoms with Crippen LogP contribution in [0.2, 0.25) is 15.1 Å². The number of benzene rings is 3. The zero-order valence-electron chi connectivity index (χ0n) is 22.6. The van der Waals surface area contributed by atoms with E-state index in [1.165, 1.54) is 17.0 Å². The zero-order valence-corrected chi connectivity index (χ0v) is 25.7. The Hall–Kier alpha value is -2.78. The van der Waals surface area contributed by atoms with Crippen molar-refractivity contribution in [1.82, 2.24) is 10.2 Å². The van der Waals surface area contributed by atoms with Crippen molar-refractivity contribution in [2.24, 2.45) is 0 Å². The molecule has 1 fully saturated rings.